The van der Waals surface area contributed by atoms with Crippen LogP contribution in [0.1, 0.15) is 87.5 Å². The Morgan fingerprint density at radius 1 is 1.08 bits per heavy atom. The quantitative estimate of drug-likeness (QED) is 0.197. The zero-order chi connectivity index (χ0) is 35.4. The number of carboxylic acids is 1. The van der Waals surface area contributed by atoms with Crippen molar-refractivity contribution in [2.45, 2.75) is 76.7 Å². The van der Waals surface area contributed by atoms with Gasteiger partial charge in [0, 0.05) is 48.1 Å². The van der Waals surface area contributed by atoms with Gasteiger partial charge in [-0.1, -0.05) is 56.2 Å². The van der Waals surface area contributed by atoms with Crippen LogP contribution in [0.4, 0.5) is 8.78 Å². The van der Waals surface area contributed by atoms with Gasteiger partial charge in [-0.05, 0) is 49.9 Å². The first-order chi connectivity index (χ1) is 23.9. The minimum absolute atomic E-state index is 0.0388. The fraction of sp³-hybridized carbons (Fsp3) is 0.351. The third-order valence-electron chi connectivity index (χ3n) is 10.1. The topological polar surface area (TPSA) is 137 Å². The normalized spacial score (nSPS) is 18.4. The first-order valence-corrected chi connectivity index (χ1v) is 16.6. The maximum atomic E-state index is 15.8. The zero-order valence-corrected chi connectivity index (χ0v) is 28.5. The summed E-state index contributed by atoms with van der Waals surface area (Å²) in [4.78, 5) is 24.2. The molecule has 6 aromatic rings. The number of fused-ring (bicyclic) bond motifs is 10. The maximum Gasteiger partial charge on any atom is 0.310 e. The highest BCUT2D eigenvalue weighted by Gasteiger charge is 2.35. The number of hydrogen-bond donors (Lipinski definition) is 2. The van der Waals surface area contributed by atoms with E-state index in [0.717, 1.165) is 30.5 Å². The van der Waals surface area contributed by atoms with Crippen LogP contribution in [0.5, 0.6) is 11.5 Å². The van der Waals surface area contributed by atoms with Crippen molar-refractivity contribution in [2.24, 2.45) is 7.05 Å². The minimum Gasteiger partial charge on any atom is -0.481 e. The van der Waals surface area contributed by atoms with Crippen molar-refractivity contribution in [1.82, 2.24) is 39.7 Å². The molecule has 2 unspecified atom stereocenters. The molecule has 7 rings (SSSR count). The first-order valence-electron chi connectivity index (χ1n) is 16.6. The summed E-state index contributed by atoms with van der Waals surface area (Å²) >= 11 is 0. The van der Waals surface area contributed by atoms with Crippen LogP contribution in [0.25, 0.3) is 22.4 Å². The van der Waals surface area contributed by atoms with E-state index in [1.54, 1.807) is 47.7 Å². The molecule has 0 spiro atoms. The summed E-state index contributed by atoms with van der Waals surface area (Å²) in [6.45, 7) is 8.07. The number of aryl methyl sites for hydroxylation is 1. The Morgan fingerprint density at radius 2 is 1.88 bits per heavy atom. The van der Waals surface area contributed by atoms with Crippen LogP contribution in [0.3, 0.4) is 0 Å². The predicted molar refractivity (Wildman–Crippen MR) is 182 cm³/mol. The first kappa shape index (κ1) is 33.1. The van der Waals surface area contributed by atoms with Crippen LogP contribution in [0, 0.1) is 11.6 Å². The van der Waals surface area contributed by atoms with Crippen LogP contribution < -0.4 is 4.74 Å². The number of aromatic nitrogens is 8. The molecule has 13 heteroatoms. The van der Waals surface area contributed by atoms with E-state index in [1.807, 2.05) is 30.5 Å². The fourth-order valence-electron chi connectivity index (χ4n) is 6.79. The van der Waals surface area contributed by atoms with Crippen LogP contribution in [0.2, 0.25) is 0 Å². The van der Waals surface area contributed by atoms with E-state index >= 15 is 8.78 Å². The lowest BCUT2D eigenvalue weighted by molar-refractivity contribution is -0.138. The molecule has 4 aromatic heterocycles. The molecule has 50 heavy (non-hydrogen) atoms. The second kappa shape index (κ2) is 12.5. The van der Waals surface area contributed by atoms with E-state index in [4.69, 9.17) is 14.8 Å². The number of H-pyrrole nitrogens is 1. The highest BCUT2D eigenvalue weighted by molar-refractivity contribution is 5.86. The fourth-order valence-corrected chi connectivity index (χ4v) is 6.79. The van der Waals surface area contributed by atoms with Crippen LogP contribution >= 0.6 is 0 Å². The molecule has 0 aliphatic carbocycles. The second-order valence-electron chi connectivity index (χ2n) is 14.0. The molecule has 0 amide bonds. The molecular formula is C37H38F2N8O3. The molecule has 1 aliphatic rings. The monoisotopic (exact) mass is 680 g/mol. The van der Waals surface area contributed by atoms with E-state index in [-0.39, 0.29) is 29.0 Å². The number of nitrogens with one attached hydrogen (secondary N) is 1. The number of carboxylic acid groups (broad SMARTS) is 1. The summed E-state index contributed by atoms with van der Waals surface area (Å²) in [6.07, 6.45) is 8.10. The third kappa shape index (κ3) is 5.80. The highest BCUT2D eigenvalue weighted by atomic mass is 19.2. The SMILES string of the molecule is CC(C(=O)O)c1cccc(C2(C)CCCCC(C)(C)c3cn(nn3)Cc3c(c(F)c(F)c4[nH]ccc34)Oc3ccnc(c3)-c3nc2nn3C)c1. The Bertz CT molecular complexity index is 2240. The number of pyridine rings is 1. The van der Waals surface area contributed by atoms with Gasteiger partial charge in [0.2, 0.25) is 5.82 Å². The standard InChI is InChI=1S/C37H38F2N8O3/c1-21(34(48)49)22-9-8-10-23(17-22)37(4)14-7-6-13-36(2,3)28-20-47(45-43-28)19-26-25-12-16-41-31(25)29(38)30(39)32(26)50-24-11-15-40-27(18-24)33-42-35(37)44-46(33)5/h8-12,15-18,20-21,41H,6-7,13-14,19H2,1-5H3,(H,48,49). The Balaban J connectivity index is 1.38. The molecule has 11 nitrogen and oxygen atoms in total. The van der Waals surface area contributed by atoms with Crippen molar-refractivity contribution in [1.29, 1.82) is 0 Å². The number of nitrogens with zero attached hydrogens (tertiary/aromatic N) is 7. The molecule has 0 saturated carbocycles. The van der Waals surface area contributed by atoms with E-state index in [0.29, 0.717) is 40.3 Å². The van der Waals surface area contributed by atoms with Gasteiger partial charge in [-0.3, -0.25) is 9.78 Å². The molecule has 6 bridgehead atoms. The van der Waals surface area contributed by atoms with Gasteiger partial charge in [0.1, 0.15) is 11.4 Å². The number of aliphatic carboxylic acids is 1. The molecular weight excluding hydrogens is 642 g/mol. The summed E-state index contributed by atoms with van der Waals surface area (Å²) < 4.78 is 40.6. The van der Waals surface area contributed by atoms with E-state index in [2.05, 4.69) is 41.1 Å². The van der Waals surface area contributed by atoms with Gasteiger partial charge in [0.05, 0.1) is 29.1 Å². The third-order valence-corrected chi connectivity index (χ3v) is 10.1. The smallest absolute Gasteiger partial charge is 0.310 e. The van der Waals surface area contributed by atoms with Crippen molar-refractivity contribution >= 4 is 16.9 Å². The number of rotatable bonds is 3. The average molecular weight is 681 g/mol. The summed E-state index contributed by atoms with van der Waals surface area (Å²) in [6, 6.07) is 12.5. The van der Waals surface area contributed by atoms with E-state index in [1.165, 1.54) is 6.20 Å². The molecule has 0 saturated heterocycles. The molecule has 2 N–H and O–H groups in total. The molecule has 0 radical (unpaired) electrons. The van der Waals surface area contributed by atoms with Gasteiger partial charge >= 0.3 is 5.97 Å². The number of ether oxygens (including phenoxy) is 1. The summed E-state index contributed by atoms with van der Waals surface area (Å²) in [5.41, 5.74) is 2.22. The summed E-state index contributed by atoms with van der Waals surface area (Å²) in [5.74, 6) is -2.79. The molecule has 0 fully saturated rings. The van der Waals surface area contributed by atoms with Crippen LogP contribution in [0.15, 0.2) is 61.1 Å². The Hall–Kier alpha value is -5.46. The summed E-state index contributed by atoms with van der Waals surface area (Å²) in [7, 11) is 1.77. The number of aromatic amines is 1. The lowest BCUT2D eigenvalue weighted by atomic mass is 9.75. The number of benzene rings is 2. The minimum atomic E-state index is -1.13. The van der Waals surface area contributed by atoms with Crippen molar-refractivity contribution in [3.63, 3.8) is 0 Å². The van der Waals surface area contributed by atoms with Crippen molar-refractivity contribution in [3.8, 4) is 23.0 Å². The Morgan fingerprint density at radius 3 is 2.68 bits per heavy atom. The number of halogens is 2. The van der Waals surface area contributed by atoms with Crippen molar-refractivity contribution in [2.75, 3.05) is 0 Å². The number of hydrogen-bond acceptors (Lipinski definition) is 7. The molecule has 5 heterocycles. The zero-order valence-electron chi connectivity index (χ0n) is 28.5. The van der Waals surface area contributed by atoms with Gasteiger partial charge < -0.3 is 14.8 Å². The van der Waals surface area contributed by atoms with Crippen molar-refractivity contribution in [3.05, 3.63) is 101 Å². The van der Waals surface area contributed by atoms with Crippen molar-refractivity contribution < 1.29 is 23.4 Å². The van der Waals surface area contributed by atoms with Crippen LogP contribution in [-0.4, -0.2) is 50.8 Å². The lowest BCUT2D eigenvalue weighted by Crippen LogP contribution is -2.26. The molecule has 1 aliphatic heterocycles. The molecule has 2 atom stereocenters. The van der Waals surface area contributed by atoms with Gasteiger partial charge in [-0.25, -0.2) is 18.7 Å². The van der Waals surface area contributed by atoms with E-state index < -0.39 is 28.9 Å². The Kier molecular flexibility index (Phi) is 8.23. The van der Waals surface area contributed by atoms with Crippen LogP contribution in [-0.2, 0) is 29.2 Å². The maximum absolute atomic E-state index is 15.8. The average Bonchev–Trinajstić information content (AvgIpc) is 3.87. The van der Waals surface area contributed by atoms with Gasteiger partial charge in [-0.2, -0.15) is 9.49 Å². The molecule has 2 aromatic carbocycles. The highest BCUT2D eigenvalue weighted by Crippen LogP contribution is 2.40. The van der Waals surface area contributed by atoms with E-state index in [9.17, 15) is 9.90 Å². The number of carbonyl (C=O) groups is 1. The Labute approximate surface area is 287 Å². The summed E-state index contributed by atoms with van der Waals surface area (Å²) in [5, 5.41) is 24.0. The van der Waals surface area contributed by atoms with Gasteiger partial charge in [-0.15, -0.1) is 5.10 Å². The van der Waals surface area contributed by atoms with Gasteiger partial charge in [0.25, 0.3) is 0 Å². The largest absolute Gasteiger partial charge is 0.481 e. The van der Waals surface area contributed by atoms with Gasteiger partial charge in [0.15, 0.2) is 23.2 Å². The lowest BCUT2D eigenvalue weighted by Gasteiger charge is -2.29. The second-order valence-corrected chi connectivity index (χ2v) is 14.0. The molecule has 258 valence electrons. The predicted octanol–water partition coefficient (Wildman–Crippen LogP) is 7.41.